The number of carbonyl (C=O) groups excluding carboxylic acids is 2. The molecule has 3 heterocycles. The van der Waals surface area contributed by atoms with Crippen LogP contribution in [0.15, 0.2) is 42.5 Å². The summed E-state index contributed by atoms with van der Waals surface area (Å²) < 4.78 is 35.2. The van der Waals surface area contributed by atoms with Gasteiger partial charge in [-0.05, 0) is 48.9 Å². The van der Waals surface area contributed by atoms with Gasteiger partial charge in [0.05, 0.1) is 16.8 Å². The van der Waals surface area contributed by atoms with Crippen molar-refractivity contribution in [3.63, 3.8) is 0 Å². The third kappa shape index (κ3) is 6.22. The van der Waals surface area contributed by atoms with Crippen molar-refractivity contribution < 1.29 is 33.0 Å². The molecule has 9 nitrogen and oxygen atoms in total. The fourth-order valence-corrected chi connectivity index (χ4v) is 7.69. The van der Waals surface area contributed by atoms with E-state index in [0.717, 1.165) is 54.1 Å². The maximum atomic E-state index is 14.2. The number of rotatable bonds is 5. The molecule has 3 fully saturated rings. The van der Waals surface area contributed by atoms with E-state index in [2.05, 4.69) is 15.6 Å². The summed E-state index contributed by atoms with van der Waals surface area (Å²) >= 11 is 1.36. The van der Waals surface area contributed by atoms with Gasteiger partial charge in [0.15, 0.2) is 0 Å². The molecule has 3 aliphatic rings. The Balaban J connectivity index is 1.30. The van der Waals surface area contributed by atoms with Crippen LogP contribution in [0, 0.1) is 23.5 Å². The summed E-state index contributed by atoms with van der Waals surface area (Å²) in [6.45, 7) is 2.10. The number of hydrogen-bond acceptors (Lipinski definition) is 7. The molecule has 44 heavy (non-hydrogen) atoms. The second-order valence-electron chi connectivity index (χ2n) is 12.3. The van der Waals surface area contributed by atoms with Crippen LogP contribution in [0.5, 0.6) is 5.19 Å². The number of thiazole rings is 1. The van der Waals surface area contributed by atoms with Crippen LogP contribution in [0.1, 0.15) is 58.3 Å². The molecule has 0 radical (unpaired) electrons. The summed E-state index contributed by atoms with van der Waals surface area (Å²) in [5.41, 5.74) is -0.465. The Kier molecular flexibility index (Phi) is 8.45. The minimum absolute atomic E-state index is 0.0719. The number of aliphatic carboxylic acids is 1. The number of para-hydroxylation sites is 1. The average molecular weight is 627 g/mol. The summed E-state index contributed by atoms with van der Waals surface area (Å²) in [7, 11) is 0. The lowest BCUT2D eigenvalue weighted by Crippen LogP contribution is -2.55. The van der Waals surface area contributed by atoms with Crippen molar-refractivity contribution in [1.29, 1.82) is 0 Å². The molecule has 234 valence electrons. The van der Waals surface area contributed by atoms with Crippen LogP contribution in [0.2, 0.25) is 0 Å². The number of fused-ring (bicyclic) bond motifs is 3. The Bertz CT molecular complexity index is 1520. The van der Waals surface area contributed by atoms with E-state index in [4.69, 9.17) is 4.74 Å². The third-order valence-electron chi connectivity index (χ3n) is 9.22. The molecule has 6 rings (SSSR count). The Morgan fingerprint density at radius 2 is 1.84 bits per heavy atom. The van der Waals surface area contributed by atoms with Gasteiger partial charge < -0.3 is 25.4 Å². The molecule has 12 heteroatoms. The smallest absolute Gasteiger partial charge is 0.329 e. The van der Waals surface area contributed by atoms with Crippen molar-refractivity contribution in [2.24, 2.45) is 11.8 Å². The van der Waals surface area contributed by atoms with Crippen LogP contribution in [0.3, 0.4) is 0 Å². The van der Waals surface area contributed by atoms with Gasteiger partial charge in [-0.1, -0.05) is 62.5 Å². The van der Waals surface area contributed by atoms with Crippen LogP contribution in [0.25, 0.3) is 10.2 Å². The summed E-state index contributed by atoms with van der Waals surface area (Å²) in [5.74, 6) is -3.64. The van der Waals surface area contributed by atoms with E-state index in [9.17, 15) is 28.3 Å². The fraction of sp³-hybridized carbons (Fsp3) is 0.500. The van der Waals surface area contributed by atoms with Crippen LogP contribution in [-0.4, -0.2) is 63.0 Å². The number of hydrogen-bond donors (Lipinski definition) is 3. The van der Waals surface area contributed by atoms with E-state index in [1.165, 1.54) is 16.2 Å². The number of aromatic nitrogens is 1. The third-order valence-corrected chi connectivity index (χ3v) is 10.2. The number of carboxylic acids is 1. The Morgan fingerprint density at radius 3 is 2.57 bits per heavy atom. The van der Waals surface area contributed by atoms with Crippen LogP contribution < -0.4 is 15.4 Å². The van der Waals surface area contributed by atoms with Crippen molar-refractivity contribution in [3.05, 3.63) is 54.1 Å². The zero-order valence-electron chi connectivity index (χ0n) is 24.4. The quantitative estimate of drug-likeness (QED) is 0.349. The van der Waals surface area contributed by atoms with Crippen LogP contribution in [-0.2, 0) is 14.4 Å². The minimum Gasteiger partial charge on any atom is -0.479 e. The number of nitrogens with zero attached hydrogens (tertiary/aromatic N) is 2. The van der Waals surface area contributed by atoms with Gasteiger partial charge in [-0.2, -0.15) is 0 Å². The minimum atomic E-state index is -1.37. The predicted octanol–water partition coefficient (Wildman–Crippen LogP) is 5.35. The summed E-state index contributed by atoms with van der Waals surface area (Å²) in [6.07, 6.45) is 4.49. The second kappa shape index (κ2) is 12.3. The number of nitrogens with one attached hydrogen (secondary N) is 2. The molecule has 2 amide bonds. The van der Waals surface area contributed by atoms with Gasteiger partial charge in [0.2, 0.25) is 11.8 Å². The Hall–Kier alpha value is -3.80. The van der Waals surface area contributed by atoms with Crippen LogP contribution >= 0.6 is 11.3 Å². The number of anilines is 1. The van der Waals surface area contributed by atoms with Gasteiger partial charge in [-0.25, -0.2) is 18.6 Å². The van der Waals surface area contributed by atoms with Crippen molar-refractivity contribution in [2.75, 3.05) is 11.9 Å². The van der Waals surface area contributed by atoms with Gasteiger partial charge >= 0.3 is 5.97 Å². The van der Waals surface area contributed by atoms with E-state index in [-0.39, 0.29) is 30.5 Å². The number of benzene rings is 2. The summed E-state index contributed by atoms with van der Waals surface area (Å²) in [6, 6.07) is 8.75. The fourth-order valence-electron chi connectivity index (χ4n) is 6.81. The van der Waals surface area contributed by atoms with Gasteiger partial charge in [-0.15, -0.1) is 0 Å². The Morgan fingerprint density at radius 1 is 1.11 bits per heavy atom. The highest BCUT2D eigenvalue weighted by Crippen LogP contribution is 2.50. The standard InChI is InChI=1S/C32H36F2N4O5S/c1-18-8-4-2-3-5-10-25(35-21-13-19(33)12-20(34)14-21)29(40)38-17-22(43-31-36-24-9-6-7-11-27(24)44-31)15-26(38)28(39)37-32(30(41)42)16-23(18)32/h6-7,9,11-14,18,22-23,25-26,35H,2-5,8,10,15-17H2,1H3,(H,37,39)(H,41,42)/t18?,22-,23+,25+,26+,32-/m1/s1. The molecule has 0 spiro atoms. The largest absolute Gasteiger partial charge is 0.479 e. The highest BCUT2D eigenvalue weighted by Gasteiger charge is 2.64. The maximum absolute atomic E-state index is 14.2. The van der Waals surface area contributed by atoms with E-state index in [1.807, 2.05) is 31.2 Å². The number of carboxylic acid groups (broad SMARTS) is 1. The molecular formula is C32H36F2N4O5S. The summed E-state index contributed by atoms with van der Waals surface area (Å²) in [5, 5.41) is 16.4. The van der Waals surface area contributed by atoms with Crippen molar-refractivity contribution >= 4 is 45.0 Å². The first-order valence-corrected chi connectivity index (χ1v) is 16.1. The molecule has 1 aromatic heterocycles. The molecular weight excluding hydrogens is 590 g/mol. The molecule has 2 aliphatic heterocycles. The number of halogens is 2. The average Bonchev–Trinajstić information content (AvgIpc) is 3.33. The number of ether oxygens (including phenoxy) is 1. The van der Waals surface area contributed by atoms with E-state index in [1.54, 1.807) is 0 Å². The molecule has 1 saturated carbocycles. The molecule has 3 N–H and O–H groups in total. The molecule has 6 atom stereocenters. The number of amides is 2. The lowest BCUT2D eigenvalue weighted by atomic mass is 9.94. The van der Waals surface area contributed by atoms with E-state index >= 15 is 0 Å². The highest BCUT2D eigenvalue weighted by atomic mass is 32.1. The second-order valence-corrected chi connectivity index (χ2v) is 13.3. The van der Waals surface area contributed by atoms with E-state index in [0.29, 0.717) is 24.5 Å². The van der Waals surface area contributed by atoms with Gasteiger partial charge in [0.1, 0.15) is 35.4 Å². The van der Waals surface area contributed by atoms with E-state index < -0.39 is 53.1 Å². The predicted molar refractivity (Wildman–Crippen MR) is 161 cm³/mol. The lowest BCUT2D eigenvalue weighted by molar-refractivity contribution is -0.145. The zero-order valence-corrected chi connectivity index (χ0v) is 25.2. The SMILES string of the molecule is CC1CCCCCC[C@H](Nc2cc(F)cc(F)c2)C(=O)N2C[C@H](Oc3nc4ccccc4s3)C[C@H]2C(=O)N[C@]2(C(=O)O)C[C@@H]12. The first kappa shape index (κ1) is 30.2. The zero-order chi connectivity index (χ0) is 31.0. The molecule has 1 unspecified atom stereocenters. The first-order valence-electron chi connectivity index (χ1n) is 15.2. The highest BCUT2D eigenvalue weighted by molar-refractivity contribution is 7.20. The van der Waals surface area contributed by atoms with Crippen molar-refractivity contribution in [2.45, 2.75) is 82.0 Å². The summed E-state index contributed by atoms with van der Waals surface area (Å²) in [4.78, 5) is 46.5. The normalized spacial score (nSPS) is 29.6. The van der Waals surface area contributed by atoms with Crippen molar-refractivity contribution in [1.82, 2.24) is 15.2 Å². The van der Waals surface area contributed by atoms with Gasteiger partial charge in [-0.3, -0.25) is 9.59 Å². The van der Waals surface area contributed by atoms with Gasteiger partial charge in [0, 0.05) is 18.2 Å². The molecule has 0 bridgehead atoms. The van der Waals surface area contributed by atoms with Crippen LogP contribution in [0.4, 0.5) is 14.5 Å². The molecule has 3 aromatic rings. The molecule has 1 aliphatic carbocycles. The monoisotopic (exact) mass is 626 g/mol. The topological polar surface area (TPSA) is 121 Å². The molecule has 2 saturated heterocycles. The molecule has 2 aromatic carbocycles. The van der Waals surface area contributed by atoms with Gasteiger partial charge in [0.25, 0.3) is 5.19 Å². The lowest BCUT2D eigenvalue weighted by Gasteiger charge is -2.30. The Labute approximate surface area is 258 Å². The van der Waals surface area contributed by atoms with Crippen molar-refractivity contribution in [3.8, 4) is 5.19 Å². The first-order chi connectivity index (χ1) is 21.1. The number of carbonyl (C=O) groups is 3. The maximum Gasteiger partial charge on any atom is 0.329 e.